The first-order valence-electron chi connectivity index (χ1n) is 11.6. The van der Waals surface area contributed by atoms with E-state index >= 15 is 4.39 Å². The Morgan fingerprint density at radius 1 is 1.26 bits per heavy atom. The summed E-state index contributed by atoms with van der Waals surface area (Å²) in [5.41, 5.74) is 1.26. The van der Waals surface area contributed by atoms with Crippen LogP contribution in [0.2, 0.25) is 0 Å². The molecule has 2 atom stereocenters. The van der Waals surface area contributed by atoms with Gasteiger partial charge in [-0.3, -0.25) is 14.6 Å². The van der Waals surface area contributed by atoms with Crippen LogP contribution in [0.3, 0.4) is 0 Å². The summed E-state index contributed by atoms with van der Waals surface area (Å²) in [6.45, 7) is 2.78. The van der Waals surface area contributed by atoms with E-state index in [0.29, 0.717) is 40.7 Å². The van der Waals surface area contributed by atoms with Gasteiger partial charge in [0.2, 0.25) is 0 Å². The minimum Gasteiger partial charge on any atom is -0.508 e. The molecule has 2 aromatic carbocycles. The second kappa shape index (κ2) is 8.27. The van der Waals surface area contributed by atoms with E-state index in [-0.39, 0.29) is 29.9 Å². The van der Waals surface area contributed by atoms with Crippen molar-refractivity contribution in [2.75, 3.05) is 34.3 Å². The first kappa shape index (κ1) is 23.2. The number of benzene rings is 2. The number of nitrogens with one attached hydrogen (secondary N) is 1. The normalized spacial score (nSPS) is 21.7. The fraction of sp³-hybridized carbons (Fsp3) is 0.385. The molecule has 3 heterocycles. The van der Waals surface area contributed by atoms with Gasteiger partial charge in [0.15, 0.2) is 11.6 Å². The van der Waals surface area contributed by atoms with E-state index in [1.807, 2.05) is 19.0 Å². The van der Waals surface area contributed by atoms with Crippen LogP contribution in [0.4, 0.5) is 9.18 Å². The highest BCUT2D eigenvalue weighted by molar-refractivity contribution is 6.08. The molecule has 2 N–H and O–H groups in total. The fourth-order valence-electron chi connectivity index (χ4n) is 5.49. The van der Waals surface area contributed by atoms with Crippen molar-refractivity contribution in [1.82, 2.24) is 19.7 Å². The van der Waals surface area contributed by atoms with Crippen LogP contribution in [0, 0.1) is 5.82 Å². The standard InChI is InChI=1S/C26H29FN4O4/c1-26-14-17-20-18(9-10-19(35-4)21(20)27)28-22(17)23(15-7-5-8-16(32)13-15)31(26)25(34)30(24(26)33)12-6-11-29(2)3/h5,7-10,13,23,28,32H,6,11-12,14H2,1-4H3/t23-,26+/m1/s1. The maximum Gasteiger partial charge on any atom is 0.328 e. The summed E-state index contributed by atoms with van der Waals surface area (Å²) in [5.74, 6) is -0.649. The fourth-order valence-corrected chi connectivity index (χ4v) is 5.49. The third-order valence-corrected chi connectivity index (χ3v) is 7.12. The minimum atomic E-state index is -1.21. The van der Waals surface area contributed by atoms with Crippen LogP contribution in [-0.2, 0) is 11.2 Å². The summed E-state index contributed by atoms with van der Waals surface area (Å²) >= 11 is 0. The van der Waals surface area contributed by atoms with E-state index in [4.69, 9.17) is 4.74 Å². The van der Waals surface area contributed by atoms with Crippen LogP contribution < -0.4 is 4.74 Å². The molecule has 35 heavy (non-hydrogen) atoms. The van der Waals surface area contributed by atoms with Crippen LogP contribution >= 0.6 is 0 Å². The molecule has 0 unspecified atom stereocenters. The van der Waals surface area contributed by atoms with Gasteiger partial charge >= 0.3 is 6.03 Å². The second-order valence-corrected chi connectivity index (χ2v) is 9.74. The number of nitrogens with zero attached hydrogens (tertiary/aromatic N) is 3. The third kappa shape index (κ3) is 3.44. The Bertz CT molecular complexity index is 1340. The molecule has 1 aromatic heterocycles. The zero-order valence-electron chi connectivity index (χ0n) is 20.3. The van der Waals surface area contributed by atoms with E-state index in [1.165, 1.54) is 12.0 Å². The van der Waals surface area contributed by atoms with Crippen molar-refractivity contribution in [3.05, 3.63) is 59.0 Å². The number of ether oxygens (including phenoxy) is 1. The Balaban J connectivity index is 1.70. The number of hydrogen-bond donors (Lipinski definition) is 2. The Kier molecular flexibility index (Phi) is 5.47. The average Bonchev–Trinajstić information content (AvgIpc) is 3.26. The van der Waals surface area contributed by atoms with E-state index in [0.717, 1.165) is 6.54 Å². The number of phenols is 1. The van der Waals surface area contributed by atoms with Crippen LogP contribution in [0.5, 0.6) is 11.5 Å². The van der Waals surface area contributed by atoms with Crippen molar-refractivity contribution in [3.8, 4) is 11.5 Å². The topological polar surface area (TPSA) is 89.1 Å². The van der Waals surface area contributed by atoms with Gasteiger partial charge in [0.1, 0.15) is 17.3 Å². The minimum absolute atomic E-state index is 0.0427. The Labute approximate surface area is 202 Å². The van der Waals surface area contributed by atoms with Gasteiger partial charge in [0.05, 0.1) is 7.11 Å². The highest BCUT2D eigenvalue weighted by atomic mass is 19.1. The molecule has 3 amide bonds. The number of carbonyl (C=O) groups is 2. The number of aromatic nitrogens is 1. The number of imide groups is 1. The number of fused-ring (bicyclic) bond motifs is 4. The largest absolute Gasteiger partial charge is 0.508 e. The van der Waals surface area contributed by atoms with Crippen molar-refractivity contribution < 1.29 is 23.8 Å². The summed E-state index contributed by atoms with van der Waals surface area (Å²) < 4.78 is 20.7. The predicted octanol–water partition coefficient (Wildman–Crippen LogP) is 3.64. The number of methoxy groups -OCH3 is 1. The van der Waals surface area contributed by atoms with E-state index < -0.39 is 17.4 Å². The lowest BCUT2D eigenvalue weighted by Gasteiger charge is -2.42. The van der Waals surface area contributed by atoms with Crippen molar-refractivity contribution in [2.24, 2.45) is 0 Å². The molecule has 0 radical (unpaired) electrons. The molecule has 184 valence electrons. The number of hydrogen-bond acceptors (Lipinski definition) is 5. The van der Waals surface area contributed by atoms with Gasteiger partial charge in [-0.1, -0.05) is 12.1 Å². The quantitative estimate of drug-likeness (QED) is 0.526. The van der Waals surface area contributed by atoms with Gasteiger partial charge in [-0.2, -0.15) is 0 Å². The number of halogens is 1. The van der Waals surface area contributed by atoms with Gasteiger partial charge in [-0.05, 0) is 69.4 Å². The van der Waals surface area contributed by atoms with E-state index in [1.54, 1.807) is 48.2 Å². The molecule has 0 spiro atoms. The molecular formula is C26H29FN4O4. The summed E-state index contributed by atoms with van der Waals surface area (Å²) in [4.78, 5) is 35.7. The molecule has 0 aliphatic carbocycles. The number of phenolic OH excluding ortho intramolecular Hbond substituents is 1. The molecule has 8 nitrogen and oxygen atoms in total. The van der Waals surface area contributed by atoms with Gasteiger partial charge in [-0.25, -0.2) is 9.18 Å². The van der Waals surface area contributed by atoms with Crippen LogP contribution in [0.25, 0.3) is 10.9 Å². The number of amides is 3. The molecule has 2 aliphatic heterocycles. The van der Waals surface area contributed by atoms with Crippen molar-refractivity contribution in [1.29, 1.82) is 0 Å². The lowest BCUT2D eigenvalue weighted by Crippen LogP contribution is -2.53. The molecular weight excluding hydrogens is 451 g/mol. The van der Waals surface area contributed by atoms with Crippen molar-refractivity contribution in [3.63, 3.8) is 0 Å². The lowest BCUT2D eigenvalue weighted by atomic mass is 9.81. The van der Waals surface area contributed by atoms with Gasteiger partial charge in [-0.15, -0.1) is 0 Å². The predicted molar refractivity (Wildman–Crippen MR) is 129 cm³/mol. The monoisotopic (exact) mass is 480 g/mol. The van der Waals surface area contributed by atoms with E-state index in [2.05, 4.69) is 4.98 Å². The molecule has 5 rings (SSSR count). The third-order valence-electron chi connectivity index (χ3n) is 7.12. The molecule has 0 saturated carbocycles. The summed E-state index contributed by atoms with van der Waals surface area (Å²) in [7, 11) is 5.29. The summed E-state index contributed by atoms with van der Waals surface area (Å²) in [6.07, 6.45) is 0.807. The average molecular weight is 481 g/mol. The smallest absolute Gasteiger partial charge is 0.328 e. The molecule has 1 saturated heterocycles. The van der Waals surface area contributed by atoms with Crippen molar-refractivity contribution in [2.45, 2.75) is 31.3 Å². The number of rotatable bonds is 6. The molecule has 0 bridgehead atoms. The Morgan fingerprint density at radius 2 is 2.03 bits per heavy atom. The van der Waals surface area contributed by atoms with Crippen LogP contribution in [0.15, 0.2) is 36.4 Å². The maximum atomic E-state index is 15.5. The van der Waals surface area contributed by atoms with Crippen molar-refractivity contribution >= 4 is 22.8 Å². The molecule has 2 aliphatic rings. The molecule has 9 heteroatoms. The zero-order chi connectivity index (χ0) is 25.1. The summed E-state index contributed by atoms with van der Waals surface area (Å²) in [5, 5.41) is 10.6. The highest BCUT2D eigenvalue weighted by Crippen LogP contribution is 2.49. The Morgan fingerprint density at radius 3 is 2.71 bits per heavy atom. The first-order valence-corrected chi connectivity index (χ1v) is 11.6. The first-order chi connectivity index (χ1) is 16.7. The van der Waals surface area contributed by atoms with Crippen LogP contribution in [-0.4, -0.2) is 76.6 Å². The molecule has 1 fully saturated rings. The van der Waals surface area contributed by atoms with Gasteiger partial charge in [0, 0.05) is 29.6 Å². The maximum absolute atomic E-state index is 15.5. The lowest BCUT2D eigenvalue weighted by molar-refractivity contribution is -0.133. The second-order valence-electron chi connectivity index (χ2n) is 9.74. The molecule has 3 aromatic rings. The number of aromatic amines is 1. The van der Waals surface area contributed by atoms with Gasteiger partial charge in [0.25, 0.3) is 5.91 Å². The Hall–Kier alpha value is -3.59. The zero-order valence-corrected chi connectivity index (χ0v) is 20.3. The van der Waals surface area contributed by atoms with Gasteiger partial charge < -0.3 is 19.7 Å². The number of aromatic hydroxyl groups is 1. The summed E-state index contributed by atoms with van der Waals surface area (Å²) in [6, 6.07) is 8.82. The van der Waals surface area contributed by atoms with E-state index in [9.17, 15) is 14.7 Å². The number of carbonyl (C=O) groups excluding carboxylic acids is 2. The SMILES string of the molecule is COc1ccc2[nH]c3c(c2c1F)C[C@@]1(C)C(=O)N(CCCN(C)C)C(=O)N1[C@@H]3c1cccc(O)c1. The highest BCUT2D eigenvalue weighted by Gasteiger charge is 2.60. The number of urea groups is 1. The number of H-pyrrole nitrogens is 1. The van der Waals surface area contributed by atoms with Crippen LogP contribution in [0.1, 0.15) is 36.2 Å².